The van der Waals surface area contributed by atoms with Gasteiger partial charge in [0.2, 0.25) is 0 Å². The molecule has 2 aromatic rings. The van der Waals surface area contributed by atoms with Crippen LogP contribution in [0.4, 0.5) is 5.69 Å². The molecule has 3 N–H and O–H groups in total. The van der Waals surface area contributed by atoms with Crippen LogP contribution >= 0.6 is 11.6 Å². The molecule has 0 aliphatic carbocycles. The largest absolute Gasteiger partial charge is 0.507 e. The van der Waals surface area contributed by atoms with Crippen molar-refractivity contribution in [2.45, 2.75) is 0 Å². The number of carbonyl (C=O) groups is 1. The Morgan fingerprint density at radius 3 is 2.48 bits per heavy atom. The van der Waals surface area contributed by atoms with Gasteiger partial charge in [0.25, 0.3) is 5.91 Å². The van der Waals surface area contributed by atoms with E-state index in [0.717, 1.165) is 18.3 Å². The number of nitrogens with one attached hydrogen (secondary N) is 1. The van der Waals surface area contributed by atoms with E-state index in [1.54, 1.807) is 0 Å². The number of nitro groups is 1. The first-order chi connectivity index (χ1) is 10.9. The second kappa shape index (κ2) is 6.75. The number of carbonyl (C=O) groups excluding carboxylic acids is 1. The van der Waals surface area contributed by atoms with E-state index in [9.17, 15) is 25.1 Å². The summed E-state index contributed by atoms with van der Waals surface area (Å²) in [6.45, 7) is 0. The molecule has 0 aromatic heterocycles. The molecule has 1 amide bonds. The Morgan fingerprint density at radius 1 is 1.22 bits per heavy atom. The van der Waals surface area contributed by atoms with E-state index in [-0.39, 0.29) is 5.56 Å². The van der Waals surface area contributed by atoms with Gasteiger partial charge in [0.1, 0.15) is 5.75 Å². The number of nitro benzene ring substituents is 1. The summed E-state index contributed by atoms with van der Waals surface area (Å²) in [6.07, 6.45) is 1.02. The van der Waals surface area contributed by atoms with Crippen molar-refractivity contribution < 1.29 is 19.9 Å². The molecule has 2 aromatic carbocycles. The molecule has 0 aliphatic heterocycles. The SMILES string of the molecule is O=C(NN=Cc1cc([N+](=O)[O-])c(O)cc1O)c1ccc(Cl)cc1. The lowest BCUT2D eigenvalue weighted by Gasteiger charge is -2.02. The first-order valence-electron chi connectivity index (χ1n) is 6.18. The maximum Gasteiger partial charge on any atom is 0.311 e. The normalized spacial score (nSPS) is 10.7. The average molecular weight is 336 g/mol. The molecule has 0 saturated heterocycles. The zero-order valence-electron chi connectivity index (χ0n) is 11.4. The van der Waals surface area contributed by atoms with Crippen LogP contribution in [-0.4, -0.2) is 27.3 Å². The van der Waals surface area contributed by atoms with Crippen molar-refractivity contribution in [2.75, 3.05) is 0 Å². The number of rotatable bonds is 4. The minimum atomic E-state index is -0.807. The summed E-state index contributed by atoms with van der Waals surface area (Å²) in [7, 11) is 0. The Labute approximate surface area is 134 Å². The molecule has 0 fully saturated rings. The summed E-state index contributed by atoms with van der Waals surface area (Å²) in [6, 6.07) is 7.82. The Kier molecular flexibility index (Phi) is 4.77. The van der Waals surface area contributed by atoms with Crippen molar-refractivity contribution in [3.63, 3.8) is 0 Å². The second-order valence-corrected chi connectivity index (χ2v) is 4.80. The molecule has 0 bridgehead atoms. The lowest BCUT2D eigenvalue weighted by molar-refractivity contribution is -0.385. The van der Waals surface area contributed by atoms with E-state index in [0.29, 0.717) is 10.6 Å². The number of hydrogen-bond donors (Lipinski definition) is 3. The molecule has 0 saturated carbocycles. The second-order valence-electron chi connectivity index (χ2n) is 4.36. The van der Waals surface area contributed by atoms with Crippen LogP contribution in [0.25, 0.3) is 0 Å². The van der Waals surface area contributed by atoms with E-state index in [4.69, 9.17) is 11.6 Å². The number of nitrogens with zero attached hydrogens (tertiary/aromatic N) is 2. The predicted octanol–water partition coefficient (Wildman–Crippen LogP) is 2.42. The van der Waals surface area contributed by atoms with Gasteiger partial charge in [-0.15, -0.1) is 0 Å². The average Bonchev–Trinajstić information content (AvgIpc) is 2.49. The third kappa shape index (κ3) is 3.95. The number of phenols is 2. The molecular formula is C14H10ClN3O5. The highest BCUT2D eigenvalue weighted by Crippen LogP contribution is 2.31. The Balaban J connectivity index is 2.14. The topological polar surface area (TPSA) is 125 Å². The molecule has 23 heavy (non-hydrogen) atoms. The quantitative estimate of drug-likeness (QED) is 0.449. The van der Waals surface area contributed by atoms with Gasteiger partial charge in [0, 0.05) is 28.3 Å². The molecule has 0 aliphatic rings. The molecule has 0 unspecified atom stereocenters. The first-order valence-corrected chi connectivity index (χ1v) is 6.55. The Hall–Kier alpha value is -3.13. The third-order valence-electron chi connectivity index (χ3n) is 2.80. The molecule has 0 spiro atoms. The van der Waals surface area contributed by atoms with E-state index in [1.807, 2.05) is 0 Å². The summed E-state index contributed by atoms with van der Waals surface area (Å²) in [5, 5.41) is 33.8. The molecule has 9 heteroatoms. The monoisotopic (exact) mass is 335 g/mol. The maximum absolute atomic E-state index is 11.8. The number of hydrogen-bond acceptors (Lipinski definition) is 6. The van der Waals surface area contributed by atoms with Gasteiger partial charge in [-0.05, 0) is 24.3 Å². The van der Waals surface area contributed by atoms with Crippen LogP contribution in [0.1, 0.15) is 15.9 Å². The van der Waals surface area contributed by atoms with Crippen molar-refractivity contribution in [3.8, 4) is 11.5 Å². The number of amides is 1. The van der Waals surface area contributed by atoms with Crippen molar-refractivity contribution in [2.24, 2.45) is 5.10 Å². The first kappa shape index (κ1) is 16.2. The molecule has 0 heterocycles. The van der Waals surface area contributed by atoms with Gasteiger partial charge in [-0.3, -0.25) is 14.9 Å². The summed E-state index contributed by atoms with van der Waals surface area (Å²) in [4.78, 5) is 21.7. The van der Waals surface area contributed by atoms with E-state index < -0.39 is 28.0 Å². The highest BCUT2D eigenvalue weighted by atomic mass is 35.5. The van der Waals surface area contributed by atoms with Crippen LogP contribution in [0.15, 0.2) is 41.5 Å². The van der Waals surface area contributed by atoms with Gasteiger partial charge in [-0.1, -0.05) is 11.6 Å². The van der Waals surface area contributed by atoms with Crippen molar-refractivity contribution >= 4 is 29.4 Å². The number of benzene rings is 2. The van der Waals surface area contributed by atoms with Gasteiger partial charge >= 0.3 is 5.69 Å². The van der Waals surface area contributed by atoms with E-state index in [2.05, 4.69) is 10.5 Å². The fraction of sp³-hybridized carbons (Fsp3) is 0. The zero-order valence-corrected chi connectivity index (χ0v) is 12.2. The van der Waals surface area contributed by atoms with Crippen molar-refractivity contribution in [1.29, 1.82) is 0 Å². The van der Waals surface area contributed by atoms with Crippen LogP contribution in [0.2, 0.25) is 5.02 Å². The zero-order chi connectivity index (χ0) is 17.0. The minimum absolute atomic E-state index is 0.0362. The highest BCUT2D eigenvalue weighted by Gasteiger charge is 2.16. The molecule has 8 nitrogen and oxygen atoms in total. The standard InChI is InChI=1S/C14H10ClN3O5/c15-10-3-1-8(2-4-10)14(21)17-16-7-9-5-11(18(22)23)13(20)6-12(9)19/h1-7,19-20H,(H,17,21). The van der Waals surface area contributed by atoms with Gasteiger partial charge in [-0.2, -0.15) is 5.10 Å². The smallest absolute Gasteiger partial charge is 0.311 e. The fourth-order valence-corrected chi connectivity index (χ4v) is 1.78. The summed E-state index contributed by atoms with van der Waals surface area (Å²) >= 11 is 5.71. The van der Waals surface area contributed by atoms with Crippen LogP contribution < -0.4 is 5.43 Å². The van der Waals surface area contributed by atoms with Gasteiger partial charge in [0.15, 0.2) is 5.75 Å². The molecular weight excluding hydrogens is 326 g/mol. The number of halogens is 1. The van der Waals surface area contributed by atoms with Crippen LogP contribution in [0, 0.1) is 10.1 Å². The van der Waals surface area contributed by atoms with Crippen LogP contribution in [0.3, 0.4) is 0 Å². The van der Waals surface area contributed by atoms with Gasteiger partial charge in [-0.25, -0.2) is 5.43 Å². The molecule has 0 atom stereocenters. The fourth-order valence-electron chi connectivity index (χ4n) is 1.66. The van der Waals surface area contributed by atoms with Crippen LogP contribution in [-0.2, 0) is 0 Å². The Morgan fingerprint density at radius 2 is 1.87 bits per heavy atom. The number of hydrazone groups is 1. The summed E-state index contributed by atoms with van der Waals surface area (Å²) in [5.41, 5.74) is 1.89. The van der Waals surface area contributed by atoms with E-state index in [1.165, 1.54) is 24.3 Å². The molecule has 2 rings (SSSR count). The third-order valence-corrected chi connectivity index (χ3v) is 3.05. The highest BCUT2D eigenvalue weighted by molar-refractivity contribution is 6.30. The number of aromatic hydroxyl groups is 2. The van der Waals surface area contributed by atoms with Gasteiger partial charge in [0.05, 0.1) is 11.1 Å². The summed E-state index contributed by atoms with van der Waals surface area (Å²) < 4.78 is 0. The van der Waals surface area contributed by atoms with Crippen molar-refractivity contribution in [1.82, 2.24) is 5.43 Å². The predicted molar refractivity (Wildman–Crippen MR) is 82.9 cm³/mol. The molecule has 0 radical (unpaired) electrons. The number of phenolic OH excluding ortho intramolecular Hbond substituents is 2. The van der Waals surface area contributed by atoms with Crippen LogP contribution in [0.5, 0.6) is 11.5 Å². The lowest BCUT2D eigenvalue weighted by atomic mass is 10.2. The maximum atomic E-state index is 11.8. The molecule has 118 valence electrons. The lowest BCUT2D eigenvalue weighted by Crippen LogP contribution is -2.17. The van der Waals surface area contributed by atoms with Crippen molar-refractivity contribution in [3.05, 3.63) is 62.7 Å². The van der Waals surface area contributed by atoms with Gasteiger partial charge < -0.3 is 10.2 Å². The Bertz CT molecular complexity index is 790. The summed E-state index contributed by atoms with van der Waals surface area (Å²) in [5.74, 6) is -1.61. The van der Waals surface area contributed by atoms with E-state index >= 15 is 0 Å². The minimum Gasteiger partial charge on any atom is -0.507 e.